The second-order valence-electron chi connectivity index (χ2n) is 8.83. The molecule has 1 N–H and O–H groups in total. The molecule has 3 aromatic rings. The summed E-state index contributed by atoms with van der Waals surface area (Å²) in [7, 11) is -3.74. The van der Waals surface area contributed by atoms with Crippen LogP contribution in [0.4, 0.5) is 0 Å². The zero-order chi connectivity index (χ0) is 29.1. The fourth-order valence-electron chi connectivity index (χ4n) is 3.48. The van der Waals surface area contributed by atoms with E-state index in [-0.39, 0.29) is 24.7 Å². The Hall–Kier alpha value is -2.63. The van der Waals surface area contributed by atoms with Crippen LogP contribution in [0.1, 0.15) is 41.7 Å². The van der Waals surface area contributed by atoms with E-state index in [1.54, 1.807) is 12.1 Å². The summed E-state index contributed by atoms with van der Waals surface area (Å²) in [6.07, 6.45) is 0. The van der Waals surface area contributed by atoms with E-state index >= 15 is 0 Å². The molecule has 0 spiro atoms. The second kappa shape index (κ2) is 19.4. The van der Waals surface area contributed by atoms with Crippen LogP contribution in [-0.4, -0.2) is 53.2 Å². The lowest BCUT2D eigenvalue weighted by Crippen LogP contribution is -2.11. The molecule has 0 atom stereocenters. The third-order valence-electron chi connectivity index (χ3n) is 5.48. The number of ether oxygens (including phenoxy) is 4. The fraction of sp³-hybridized carbons (Fsp3) is 0.419. The molecule has 0 amide bonds. The lowest BCUT2D eigenvalue weighted by atomic mass is 10.1. The molecular formula is C31H42O8S. The highest BCUT2D eigenvalue weighted by Gasteiger charge is 2.14. The summed E-state index contributed by atoms with van der Waals surface area (Å²) in [5, 5.41) is 8.57. The predicted octanol–water partition coefficient (Wildman–Crippen LogP) is 5.19. The van der Waals surface area contributed by atoms with E-state index in [0.29, 0.717) is 39.6 Å². The van der Waals surface area contributed by atoms with Gasteiger partial charge in [-0.15, -0.1) is 0 Å². The van der Waals surface area contributed by atoms with Gasteiger partial charge in [0.15, 0.2) is 0 Å². The first-order valence-corrected chi connectivity index (χ1v) is 14.8. The maximum absolute atomic E-state index is 12.0. The van der Waals surface area contributed by atoms with Gasteiger partial charge in [0, 0.05) is 13.2 Å². The molecule has 40 heavy (non-hydrogen) atoms. The third kappa shape index (κ3) is 13.6. The van der Waals surface area contributed by atoms with Crippen molar-refractivity contribution in [1.29, 1.82) is 0 Å². The molecule has 0 aliphatic carbocycles. The van der Waals surface area contributed by atoms with Crippen LogP contribution < -0.4 is 0 Å². The van der Waals surface area contributed by atoms with Crippen molar-refractivity contribution < 1.29 is 36.7 Å². The van der Waals surface area contributed by atoms with Gasteiger partial charge in [-0.25, -0.2) is 0 Å². The number of aliphatic hydroxyl groups is 1. The molecule has 0 radical (unpaired) electrons. The third-order valence-corrected chi connectivity index (χ3v) is 6.80. The molecule has 220 valence electrons. The Morgan fingerprint density at radius 1 is 0.625 bits per heavy atom. The minimum absolute atomic E-state index is 0.0190. The summed E-state index contributed by atoms with van der Waals surface area (Å²) >= 11 is 0. The van der Waals surface area contributed by atoms with Crippen LogP contribution in [0.15, 0.2) is 77.7 Å². The van der Waals surface area contributed by atoms with E-state index in [1.807, 2.05) is 63.2 Å². The predicted molar refractivity (Wildman–Crippen MR) is 154 cm³/mol. The van der Waals surface area contributed by atoms with Gasteiger partial charge in [0.2, 0.25) is 0 Å². The van der Waals surface area contributed by atoms with Crippen molar-refractivity contribution >= 4 is 10.1 Å². The Bertz CT molecular complexity index is 1200. The van der Waals surface area contributed by atoms with Crippen LogP contribution in [0.2, 0.25) is 0 Å². The highest BCUT2D eigenvalue weighted by atomic mass is 32.2. The zero-order valence-corrected chi connectivity index (χ0v) is 24.5. The van der Waals surface area contributed by atoms with Gasteiger partial charge in [-0.05, 0) is 55.2 Å². The van der Waals surface area contributed by atoms with Crippen LogP contribution in [0.3, 0.4) is 0 Å². The highest BCUT2D eigenvalue weighted by Crippen LogP contribution is 2.13. The first-order valence-electron chi connectivity index (χ1n) is 13.4. The van der Waals surface area contributed by atoms with E-state index in [2.05, 4.69) is 6.07 Å². The van der Waals surface area contributed by atoms with Gasteiger partial charge in [-0.1, -0.05) is 66.2 Å². The molecule has 0 aliphatic rings. The van der Waals surface area contributed by atoms with Crippen LogP contribution >= 0.6 is 0 Å². The van der Waals surface area contributed by atoms with Gasteiger partial charge in [0.05, 0.1) is 57.8 Å². The summed E-state index contributed by atoms with van der Waals surface area (Å²) in [6.45, 7) is 10.0. The molecule has 0 fully saturated rings. The maximum Gasteiger partial charge on any atom is 0.297 e. The molecule has 0 aliphatic heterocycles. The standard InChI is InChI=1S/C19H24O5S.C12H18O3/c1-3-22-14-17-5-4-6-18(13-17)15-23-11-12-24-25(20,21)19-9-7-16(2)8-10-19;1-2-14-9-11-4-3-5-12(8-11)10-15-7-6-13/h4-10,13H,3,11-12,14-15H2,1-2H3;3-5,8,13H,2,6-7,9-10H2,1H3. The van der Waals surface area contributed by atoms with Crippen LogP contribution in [-0.2, 0) is 59.7 Å². The van der Waals surface area contributed by atoms with Crippen molar-refractivity contribution in [2.45, 2.75) is 52.1 Å². The van der Waals surface area contributed by atoms with Crippen molar-refractivity contribution in [3.8, 4) is 0 Å². The molecule has 9 heteroatoms. The van der Waals surface area contributed by atoms with Crippen molar-refractivity contribution in [2.75, 3.05) is 39.6 Å². The highest BCUT2D eigenvalue weighted by molar-refractivity contribution is 7.86. The number of aryl methyl sites for hydroxylation is 1. The van der Waals surface area contributed by atoms with Crippen LogP contribution in [0.5, 0.6) is 0 Å². The fourth-order valence-corrected chi connectivity index (χ4v) is 4.37. The monoisotopic (exact) mass is 574 g/mol. The first-order chi connectivity index (χ1) is 19.4. The lowest BCUT2D eigenvalue weighted by molar-refractivity contribution is 0.0813. The molecule has 0 saturated carbocycles. The largest absolute Gasteiger partial charge is 0.394 e. The topological polar surface area (TPSA) is 101 Å². The normalized spacial score (nSPS) is 11.2. The molecule has 0 heterocycles. The molecular weight excluding hydrogens is 532 g/mol. The molecule has 0 aromatic heterocycles. The Morgan fingerprint density at radius 3 is 1.52 bits per heavy atom. The van der Waals surface area contributed by atoms with E-state index in [1.165, 1.54) is 12.1 Å². The smallest absolute Gasteiger partial charge is 0.297 e. The summed E-state index contributed by atoms with van der Waals surface area (Å²) in [4.78, 5) is 0.154. The van der Waals surface area contributed by atoms with Gasteiger partial charge in [-0.2, -0.15) is 8.42 Å². The van der Waals surface area contributed by atoms with Gasteiger partial charge in [-0.3, -0.25) is 4.18 Å². The first kappa shape index (κ1) is 33.6. The van der Waals surface area contributed by atoms with Crippen molar-refractivity contribution in [1.82, 2.24) is 0 Å². The second-order valence-corrected chi connectivity index (χ2v) is 10.4. The average Bonchev–Trinajstić information content (AvgIpc) is 2.96. The average molecular weight is 575 g/mol. The number of aliphatic hydroxyl groups excluding tert-OH is 1. The Morgan fingerprint density at radius 2 is 1.07 bits per heavy atom. The summed E-state index contributed by atoms with van der Waals surface area (Å²) in [6, 6.07) is 22.6. The van der Waals surface area contributed by atoms with E-state index in [4.69, 9.17) is 28.2 Å². The Labute approximate surface area is 238 Å². The minimum Gasteiger partial charge on any atom is -0.394 e. The summed E-state index contributed by atoms with van der Waals surface area (Å²) < 4.78 is 50.5. The maximum atomic E-state index is 12.0. The van der Waals surface area contributed by atoms with E-state index in [9.17, 15) is 8.42 Å². The summed E-state index contributed by atoms with van der Waals surface area (Å²) in [5.41, 5.74) is 5.36. The summed E-state index contributed by atoms with van der Waals surface area (Å²) in [5.74, 6) is 0. The Balaban J connectivity index is 0.000000319. The van der Waals surface area contributed by atoms with Crippen molar-refractivity contribution in [2.24, 2.45) is 0 Å². The number of hydrogen-bond acceptors (Lipinski definition) is 8. The van der Waals surface area contributed by atoms with Crippen LogP contribution in [0, 0.1) is 6.92 Å². The van der Waals surface area contributed by atoms with Gasteiger partial charge in [0.1, 0.15) is 0 Å². The molecule has 3 aromatic carbocycles. The number of rotatable bonds is 17. The quantitative estimate of drug-likeness (QED) is 0.174. The van der Waals surface area contributed by atoms with E-state index in [0.717, 1.165) is 34.4 Å². The lowest BCUT2D eigenvalue weighted by Gasteiger charge is -2.08. The Kier molecular flexibility index (Phi) is 16.3. The van der Waals surface area contributed by atoms with Gasteiger partial charge in [0.25, 0.3) is 10.1 Å². The minimum atomic E-state index is -3.74. The molecule has 3 rings (SSSR count). The van der Waals surface area contributed by atoms with Gasteiger partial charge < -0.3 is 24.1 Å². The molecule has 0 saturated heterocycles. The SMILES string of the molecule is CCOCc1cccc(COCCO)c1.CCOCc1cccc(COCCOS(=O)(=O)c2ccc(C)cc2)c1. The van der Waals surface area contributed by atoms with Crippen molar-refractivity contribution in [3.05, 3.63) is 101 Å². The van der Waals surface area contributed by atoms with Crippen molar-refractivity contribution in [3.63, 3.8) is 0 Å². The zero-order valence-electron chi connectivity index (χ0n) is 23.7. The number of benzene rings is 3. The molecule has 8 nitrogen and oxygen atoms in total. The number of hydrogen-bond donors (Lipinski definition) is 1. The van der Waals surface area contributed by atoms with Gasteiger partial charge >= 0.3 is 0 Å². The van der Waals surface area contributed by atoms with Crippen LogP contribution in [0.25, 0.3) is 0 Å². The molecule has 0 bridgehead atoms. The van der Waals surface area contributed by atoms with E-state index < -0.39 is 10.1 Å². The molecule has 0 unspecified atom stereocenters.